The number of ether oxygens (including phenoxy) is 1. The zero-order valence-corrected chi connectivity index (χ0v) is 14.9. The molecule has 0 bridgehead atoms. The van der Waals surface area contributed by atoms with Crippen LogP contribution in [0.3, 0.4) is 0 Å². The highest BCUT2D eigenvalue weighted by atomic mass is 32.2. The van der Waals surface area contributed by atoms with Crippen LogP contribution in [0, 0.1) is 0 Å². The first kappa shape index (κ1) is 17.5. The quantitative estimate of drug-likeness (QED) is 0.518. The summed E-state index contributed by atoms with van der Waals surface area (Å²) in [6, 6.07) is 18.2. The molecule has 0 amide bonds. The predicted octanol–water partition coefficient (Wildman–Crippen LogP) is 5.65. The predicted molar refractivity (Wildman–Crippen MR) is 105 cm³/mol. The minimum Gasteiger partial charge on any atom is -0.479 e. The van der Waals surface area contributed by atoms with Crippen molar-refractivity contribution < 1.29 is 4.74 Å². The molecule has 2 nitrogen and oxygen atoms in total. The molecule has 0 fully saturated rings. The first-order chi connectivity index (χ1) is 11.2. The third kappa shape index (κ3) is 5.68. The van der Waals surface area contributed by atoms with Crippen LogP contribution in [0.5, 0.6) is 0 Å². The fourth-order valence-corrected chi connectivity index (χ4v) is 2.95. The molecule has 2 aromatic carbocycles. The van der Waals surface area contributed by atoms with E-state index in [9.17, 15) is 0 Å². The molecule has 0 aromatic heterocycles. The third-order valence-corrected chi connectivity index (χ3v) is 4.43. The van der Waals surface area contributed by atoms with Gasteiger partial charge in [0, 0.05) is 11.3 Å². The van der Waals surface area contributed by atoms with Gasteiger partial charge in [-0.2, -0.15) is 0 Å². The second-order valence-electron chi connectivity index (χ2n) is 4.82. The molecule has 4 heteroatoms. The standard InChI is InChI=1S/C19H19NOS2/c1-3-21-19(22)23-14-17-11-7-8-12-18(17)20-13-15(2)16-9-5-4-6-10-16/h4-12H,3,14H2,1-2H3. The molecular formula is C19H19NOS2. The first-order valence-electron chi connectivity index (χ1n) is 7.44. The smallest absolute Gasteiger partial charge is 0.220 e. The Balaban J connectivity index is 2.17. The molecule has 118 valence electrons. The van der Waals surface area contributed by atoms with Crippen LogP contribution in [0.25, 0.3) is 5.57 Å². The Kier molecular flexibility index (Phi) is 7.08. The van der Waals surface area contributed by atoms with Crippen LogP contribution in [0.4, 0.5) is 5.69 Å². The molecule has 2 aromatic rings. The number of hydrogen-bond acceptors (Lipinski definition) is 4. The van der Waals surface area contributed by atoms with Crippen LogP contribution in [0.2, 0.25) is 0 Å². The van der Waals surface area contributed by atoms with Crippen LogP contribution >= 0.6 is 24.0 Å². The van der Waals surface area contributed by atoms with E-state index in [2.05, 4.69) is 29.1 Å². The van der Waals surface area contributed by atoms with Crippen molar-refractivity contribution in [2.24, 2.45) is 4.99 Å². The van der Waals surface area contributed by atoms with E-state index in [1.54, 1.807) is 0 Å². The lowest BCUT2D eigenvalue weighted by Crippen LogP contribution is -1.96. The lowest BCUT2D eigenvalue weighted by atomic mass is 10.1. The summed E-state index contributed by atoms with van der Waals surface area (Å²) in [4.78, 5) is 4.52. The molecule has 0 aliphatic carbocycles. The minimum atomic E-state index is 0.572. The van der Waals surface area contributed by atoms with Crippen LogP contribution in [0.1, 0.15) is 25.0 Å². The molecular weight excluding hydrogens is 322 g/mol. The minimum absolute atomic E-state index is 0.572. The van der Waals surface area contributed by atoms with Crippen molar-refractivity contribution in [2.75, 3.05) is 6.61 Å². The number of thiocarbonyl (C=S) groups is 1. The van der Waals surface area contributed by atoms with E-state index in [4.69, 9.17) is 17.0 Å². The number of thioether (sulfide) groups is 1. The van der Waals surface area contributed by atoms with Crippen molar-refractivity contribution in [1.29, 1.82) is 0 Å². The van der Waals surface area contributed by atoms with Gasteiger partial charge in [-0.25, -0.2) is 4.99 Å². The summed E-state index contributed by atoms with van der Waals surface area (Å²) < 4.78 is 5.88. The normalized spacial score (nSPS) is 9.83. The highest BCUT2D eigenvalue weighted by molar-refractivity contribution is 8.22. The van der Waals surface area contributed by atoms with Gasteiger partial charge in [0.05, 0.1) is 12.3 Å². The molecule has 0 radical (unpaired) electrons. The van der Waals surface area contributed by atoms with Gasteiger partial charge in [0.15, 0.2) is 0 Å². The second kappa shape index (κ2) is 9.31. The molecule has 0 heterocycles. The van der Waals surface area contributed by atoms with Crippen LogP contribution in [-0.2, 0) is 10.5 Å². The average molecular weight is 342 g/mol. The van der Waals surface area contributed by atoms with Crippen molar-refractivity contribution in [3.05, 3.63) is 65.7 Å². The van der Waals surface area contributed by atoms with Crippen LogP contribution in [0.15, 0.2) is 59.6 Å². The lowest BCUT2D eigenvalue weighted by Gasteiger charge is -2.06. The van der Waals surface area contributed by atoms with Gasteiger partial charge in [-0.15, -0.1) is 0 Å². The van der Waals surface area contributed by atoms with Crippen molar-refractivity contribution in [1.82, 2.24) is 0 Å². The van der Waals surface area contributed by atoms with E-state index >= 15 is 0 Å². The number of rotatable bonds is 5. The molecule has 0 saturated heterocycles. The number of para-hydroxylation sites is 1. The van der Waals surface area contributed by atoms with E-state index < -0.39 is 0 Å². The summed E-state index contributed by atoms with van der Waals surface area (Å²) in [5.74, 6) is 3.88. The van der Waals surface area contributed by atoms with E-state index in [1.165, 1.54) is 11.8 Å². The lowest BCUT2D eigenvalue weighted by molar-refractivity contribution is 0.346. The molecule has 0 unspecified atom stereocenters. The second-order valence-corrected chi connectivity index (χ2v) is 6.39. The van der Waals surface area contributed by atoms with Gasteiger partial charge in [0.1, 0.15) is 0 Å². The Morgan fingerprint density at radius 2 is 1.83 bits per heavy atom. The maximum absolute atomic E-state index is 5.30. The number of hydrogen-bond donors (Lipinski definition) is 0. The van der Waals surface area contributed by atoms with Gasteiger partial charge < -0.3 is 4.74 Å². The van der Waals surface area contributed by atoms with Crippen molar-refractivity contribution in [2.45, 2.75) is 19.6 Å². The summed E-state index contributed by atoms with van der Waals surface area (Å²) in [6.45, 7) is 4.55. The fourth-order valence-electron chi connectivity index (χ4n) is 1.93. The summed E-state index contributed by atoms with van der Waals surface area (Å²) in [7, 11) is 0. The largest absolute Gasteiger partial charge is 0.479 e. The van der Waals surface area contributed by atoms with E-state index in [0.29, 0.717) is 11.0 Å². The number of nitrogens with zero attached hydrogens (tertiary/aromatic N) is 1. The Bertz CT molecular complexity index is 719. The van der Waals surface area contributed by atoms with Crippen LogP contribution < -0.4 is 0 Å². The van der Waals surface area contributed by atoms with Gasteiger partial charge in [-0.05, 0) is 49.1 Å². The summed E-state index contributed by atoms with van der Waals surface area (Å²) >= 11 is 6.67. The summed E-state index contributed by atoms with van der Waals surface area (Å²) in [5, 5.41) is 0. The highest BCUT2D eigenvalue weighted by Gasteiger charge is 2.04. The monoisotopic (exact) mass is 341 g/mol. The third-order valence-electron chi connectivity index (χ3n) is 3.15. The Labute approximate surface area is 147 Å². The molecule has 0 saturated carbocycles. The fraction of sp³-hybridized carbons (Fsp3) is 0.211. The molecule has 0 aliphatic rings. The molecule has 23 heavy (non-hydrogen) atoms. The van der Waals surface area contributed by atoms with E-state index in [1.807, 2.05) is 50.2 Å². The molecule has 0 spiro atoms. The number of allylic oxidation sites excluding steroid dienone is 1. The number of benzene rings is 2. The maximum Gasteiger partial charge on any atom is 0.220 e. The zero-order chi connectivity index (χ0) is 16.5. The van der Waals surface area contributed by atoms with Gasteiger partial charge in [0.25, 0.3) is 0 Å². The van der Waals surface area contributed by atoms with Crippen molar-refractivity contribution in [3.63, 3.8) is 0 Å². The first-order valence-corrected chi connectivity index (χ1v) is 8.83. The summed E-state index contributed by atoms with van der Waals surface area (Å²) in [6.07, 6.45) is 0. The highest BCUT2D eigenvalue weighted by Crippen LogP contribution is 2.24. The van der Waals surface area contributed by atoms with Gasteiger partial charge >= 0.3 is 0 Å². The van der Waals surface area contributed by atoms with Crippen molar-refractivity contribution in [3.8, 4) is 0 Å². The molecule has 2 rings (SSSR count). The zero-order valence-electron chi connectivity index (χ0n) is 13.3. The van der Waals surface area contributed by atoms with Crippen molar-refractivity contribution >= 4 is 45.5 Å². The SMILES string of the molecule is CCOC(=S)SCc1ccccc1N=C=C(C)c1ccccc1. The molecule has 0 atom stereocenters. The van der Waals surface area contributed by atoms with Gasteiger partial charge in [-0.3, -0.25) is 0 Å². The topological polar surface area (TPSA) is 21.6 Å². The molecule has 0 N–H and O–H groups in total. The summed E-state index contributed by atoms with van der Waals surface area (Å²) in [5.41, 5.74) is 4.17. The Morgan fingerprint density at radius 3 is 2.57 bits per heavy atom. The molecule has 0 aliphatic heterocycles. The maximum atomic E-state index is 5.30. The van der Waals surface area contributed by atoms with Crippen LogP contribution in [-0.4, -0.2) is 16.9 Å². The Morgan fingerprint density at radius 1 is 1.13 bits per heavy atom. The van der Waals surface area contributed by atoms with E-state index in [-0.39, 0.29) is 0 Å². The van der Waals surface area contributed by atoms with E-state index in [0.717, 1.165) is 28.1 Å². The van der Waals surface area contributed by atoms with Gasteiger partial charge in [-0.1, -0.05) is 60.3 Å². The Hall–Kier alpha value is -1.87. The number of aliphatic imine (C=N–C) groups is 1. The average Bonchev–Trinajstić information content (AvgIpc) is 2.59. The van der Waals surface area contributed by atoms with Gasteiger partial charge in [0.2, 0.25) is 4.38 Å².